The van der Waals surface area contributed by atoms with Gasteiger partial charge < -0.3 is 14.8 Å². The SMILES string of the molecule is COCC(C)NCC1CCOCC1. The van der Waals surface area contributed by atoms with Gasteiger partial charge in [0.15, 0.2) is 0 Å². The Kier molecular flexibility index (Phi) is 5.35. The Morgan fingerprint density at radius 3 is 2.77 bits per heavy atom. The van der Waals surface area contributed by atoms with Gasteiger partial charge in [-0.05, 0) is 32.2 Å². The van der Waals surface area contributed by atoms with Crippen LogP contribution in [0.3, 0.4) is 0 Å². The second kappa shape index (κ2) is 6.35. The van der Waals surface area contributed by atoms with E-state index in [0.29, 0.717) is 6.04 Å². The van der Waals surface area contributed by atoms with Crippen molar-refractivity contribution in [2.75, 3.05) is 33.5 Å². The average molecular weight is 187 g/mol. The van der Waals surface area contributed by atoms with Crippen LogP contribution in [0.25, 0.3) is 0 Å². The van der Waals surface area contributed by atoms with Crippen LogP contribution < -0.4 is 5.32 Å². The fourth-order valence-electron chi connectivity index (χ4n) is 1.63. The molecule has 0 bridgehead atoms. The summed E-state index contributed by atoms with van der Waals surface area (Å²) in [6, 6.07) is 0.466. The first kappa shape index (κ1) is 11.0. The average Bonchev–Trinajstić information content (AvgIpc) is 2.17. The highest BCUT2D eigenvalue weighted by Gasteiger charge is 2.13. The Morgan fingerprint density at radius 2 is 2.15 bits per heavy atom. The van der Waals surface area contributed by atoms with Crippen LogP contribution in [0.2, 0.25) is 0 Å². The minimum atomic E-state index is 0.466. The third-order valence-electron chi connectivity index (χ3n) is 2.51. The lowest BCUT2D eigenvalue weighted by Crippen LogP contribution is -2.36. The first-order chi connectivity index (χ1) is 6.33. The van der Waals surface area contributed by atoms with Crippen molar-refractivity contribution in [1.82, 2.24) is 5.32 Å². The molecule has 0 spiro atoms. The Morgan fingerprint density at radius 1 is 1.46 bits per heavy atom. The van der Waals surface area contributed by atoms with Crippen LogP contribution in [0.1, 0.15) is 19.8 Å². The molecule has 1 fully saturated rings. The molecule has 1 heterocycles. The van der Waals surface area contributed by atoms with Crippen LogP contribution in [0.15, 0.2) is 0 Å². The molecule has 0 saturated carbocycles. The first-order valence-electron chi connectivity index (χ1n) is 5.13. The number of hydrogen-bond acceptors (Lipinski definition) is 3. The van der Waals surface area contributed by atoms with E-state index >= 15 is 0 Å². The third-order valence-corrected chi connectivity index (χ3v) is 2.51. The molecule has 1 unspecified atom stereocenters. The van der Waals surface area contributed by atoms with E-state index in [1.165, 1.54) is 12.8 Å². The molecule has 0 amide bonds. The summed E-state index contributed by atoms with van der Waals surface area (Å²) in [5.41, 5.74) is 0. The van der Waals surface area contributed by atoms with E-state index in [1.54, 1.807) is 7.11 Å². The number of methoxy groups -OCH3 is 1. The maximum atomic E-state index is 5.30. The number of rotatable bonds is 5. The highest BCUT2D eigenvalue weighted by molar-refractivity contribution is 4.68. The molecular weight excluding hydrogens is 166 g/mol. The molecule has 78 valence electrons. The van der Waals surface area contributed by atoms with E-state index < -0.39 is 0 Å². The van der Waals surface area contributed by atoms with Gasteiger partial charge >= 0.3 is 0 Å². The fourth-order valence-corrected chi connectivity index (χ4v) is 1.63. The molecule has 0 radical (unpaired) electrons. The zero-order chi connectivity index (χ0) is 9.52. The van der Waals surface area contributed by atoms with Gasteiger partial charge in [-0.1, -0.05) is 0 Å². The first-order valence-corrected chi connectivity index (χ1v) is 5.13. The highest BCUT2D eigenvalue weighted by atomic mass is 16.5. The van der Waals surface area contributed by atoms with Crippen molar-refractivity contribution in [3.8, 4) is 0 Å². The van der Waals surface area contributed by atoms with Crippen LogP contribution in [-0.4, -0.2) is 39.5 Å². The molecule has 13 heavy (non-hydrogen) atoms. The molecule has 0 aliphatic carbocycles. The van der Waals surface area contributed by atoms with Crippen molar-refractivity contribution in [1.29, 1.82) is 0 Å². The van der Waals surface area contributed by atoms with Crippen molar-refractivity contribution in [2.45, 2.75) is 25.8 Å². The van der Waals surface area contributed by atoms with Gasteiger partial charge in [-0.3, -0.25) is 0 Å². The molecule has 1 saturated heterocycles. The molecule has 0 aromatic rings. The van der Waals surface area contributed by atoms with Gasteiger partial charge in [0.1, 0.15) is 0 Å². The second-order valence-corrected chi connectivity index (χ2v) is 3.82. The van der Waals surface area contributed by atoms with E-state index in [4.69, 9.17) is 9.47 Å². The van der Waals surface area contributed by atoms with Gasteiger partial charge in [0.05, 0.1) is 6.61 Å². The molecule has 0 aromatic carbocycles. The predicted molar refractivity (Wildman–Crippen MR) is 52.9 cm³/mol. The summed E-state index contributed by atoms with van der Waals surface area (Å²) in [4.78, 5) is 0. The molecule has 3 heteroatoms. The Bertz CT molecular complexity index is 124. The molecule has 1 N–H and O–H groups in total. The van der Waals surface area contributed by atoms with Crippen LogP contribution in [-0.2, 0) is 9.47 Å². The lowest BCUT2D eigenvalue weighted by Gasteiger charge is -2.24. The lowest BCUT2D eigenvalue weighted by atomic mass is 10.0. The van der Waals surface area contributed by atoms with Gasteiger partial charge in [0.25, 0.3) is 0 Å². The zero-order valence-corrected chi connectivity index (χ0v) is 8.71. The monoisotopic (exact) mass is 187 g/mol. The summed E-state index contributed by atoms with van der Waals surface area (Å²) in [5.74, 6) is 0.799. The smallest absolute Gasteiger partial charge is 0.0613 e. The molecule has 1 aliphatic heterocycles. The molecule has 1 atom stereocenters. The van der Waals surface area contributed by atoms with Gasteiger partial charge in [0.2, 0.25) is 0 Å². The van der Waals surface area contributed by atoms with Gasteiger partial charge in [-0.15, -0.1) is 0 Å². The molecular formula is C10H21NO2. The summed E-state index contributed by atoms with van der Waals surface area (Å²) in [6.45, 7) is 5.93. The predicted octanol–water partition coefficient (Wildman–Crippen LogP) is 1.04. The summed E-state index contributed by atoms with van der Waals surface area (Å²) >= 11 is 0. The van der Waals surface area contributed by atoms with Crippen molar-refractivity contribution in [3.63, 3.8) is 0 Å². The van der Waals surface area contributed by atoms with Crippen molar-refractivity contribution in [2.24, 2.45) is 5.92 Å². The molecule has 0 aromatic heterocycles. The van der Waals surface area contributed by atoms with Crippen LogP contribution in [0.4, 0.5) is 0 Å². The van der Waals surface area contributed by atoms with E-state index in [1.807, 2.05) is 0 Å². The summed E-state index contributed by atoms with van der Waals surface area (Å²) in [5, 5.41) is 3.47. The van der Waals surface area contributed by atoms with Crippen molar-refractivity contribution in [3.05, 3.63) is 0 Å². The van der Waals surface area contributed by atoms with E-state index in [0.717, 1.165) is 32.3 Å². The maximum absolute atomic E-state index is 5.30. The van der Waals surface area contributed by atoms with Gasteiger partial charge in [-0.2, -0.15) is 0 Å². The number of ether oxygens (including phenoxy) is 2. The Balaban J connectivity index is 2.03. The highest BCUT2D eigenvalue weighted by Crippen LogP contribution is 2.13. The second-order valence-electron chi connectivity index (χ2n) is 3.82. The van der Waals surface area contributed by atoms with E-state index in [2.05, 4.69) is 12.2 Å². The summed E-state index contributed by atoms with van der Waals surface area (Å²) in [6.07, 6.45) is 2.40. The third kappa shape index (κ3) is 4.60. The number of nitrogens with one attached hydrogen (secondary N) is 1. The lowest BCUT2D eigenvalue weighted by molar-refractivity contribution is 0.0642. The minimum absolute atomic E-state index is 0.466. The van der Waals surface area contributed by atoms with Crippen LogP contribution in [0, 0.1) is 5.92 Å². The Hall–Kier alpha value is -0.120. The number of hydrogen-bond donors (Lipinski definition) is 1. The summed E-state index contributed by atoms with van der Waals surface area (Å²) in [7, 11) is 1.74. The van der Waals surface area contributed by atoms with Gasteiger partial charge in [-0.25, -0.2) is 0 Å². The van der Waals surface area contributed by atoms with E-state index in [-0.39, 0.29) is 0 Å². The molecule has 3 nitrogen and oxygen atoms in total. The summed E-state index contributed by atoms with van der Waals surface area (Å²) < 4.78 is 10.4. The van der Waals surface area contributed by atoms with Crippen molar-refractivity contribution >= 4 is 0 Å². The Labute approximate surface area is 80.8 Å². The van der Waals surface area contributed by atoms with Gasteiger partial charge in [0, 0.05) is 26.4 Å². The minimum Gasteiger partial charge on any atom is -0.383 e. The molecule has 1 rings (SSSR count). The maximum Gasteiger partial charge on any atom is 0.0613 e. The van der Waals surface area contributed by atoms with Crippen LogP contribution in [0.5, 0.6) is 0 Å². The zero-order valence-electron chi connectivity index (χ0n) is 8.71. The van der Waals surface area contributed by atoms with E-state index in [9.17, 15) is 0 Å². The standard InChI is InChI=1S/C10H21NO2/c1-9(8-12-2)11-7-10-3-5-13-6-4-10/h9-11H,3-8H2,1-2H3. The van der Waals surface area contributed by atoms with Crippen LogP contribution >= 0.6 is 0 Å². The molecule has 1 aliphatic rings. The largest absolute Gasteiger partial charge is 0.383 e. The normalized spacial score (nSPS) is 21.7. The quantitative estimate of drug-likeness (QED) is 0.697. The topological polar surface area (TPSA) is 30.5 Å². The van der Waals surface area contributed by atoms with Crippen molar-refractivity contribution < 1.29 is 9.47 Å². The fraction of sp³-hybridized carbons (Fsp3) is 1.00.